The van der Waals surface area contributed by atoms with E-state index in [2.05, 4.69) is 13.5 Å². The van der Waals surface area contributed by atoms with E-state index in [9.17, 15) is 4.79 Å². The van der Waals surface area contributed by atoms with Crippen molar-refractivity contribution in [2.75, 3.05) is 13.1 Å². The summed E-state index contributed by atoms with van der Waals surface area (Å²) in [5.74, 6) is -0.311. The van der Waals surface area contributed by atoms with Gasteiger partial charge in [0.05, 0.1) is 6.54 Å². The Morgan fingerprint density at radius 2 is 1.70 bits per heavy atom. The second-order valence-corrected chi connectivity index (χ2v) is 5.06. The van der Waals surface area contributed by atoms with E-state index in [0.717, 1.165) is 13.0 Å². The molecule has 20 heavy (non-hydrogen) atoms. The van der Waals surface area contributed by atoms with Gasteiger partial charge >= 0.3 is 5.97 Å². The second-order valence-electron chi connectivity index (χ2n) is 5.06. The first kappa shape index (κ1) is 18.9. The van der Waals surface area contributed by atoms with E-state index in [1.807, 2.05) is 0 Å². The highest BCUT2D eigenvalue weighted by atomic mass is 16.7. The number of allylic oxidation sites excluding steroid dienone is 1. The first-order valence-electron chi connectivity index (χ1n) is 7.95. The van der Waals surface area contributed by atoms with Crippen molar-refractivity contribution in [2.24, 2.45) is 0 Å². The molecule has 0 heterocycles. The van der Waals surface area contributed by atoms with Crippen LogP contribution in [0.25, 0.3) is 0 Å². The highest BCUT2D eigenvalue weighted by Crippen LogP contribution is 2.09. The molecule has 0 bridgehead atoms. The summed E-state index contributed by atoms with van der Waals surface area (Å²) in [4.78, 5) is 16.6. The van der Waals surface area contributed by atoms with Gasteiger partial charge in [0, 0.05) is 12.6 Å². The van der Waals surface area contributed by atoms with E-state index in [-0.39, 0.29) is 5.97 Å². The largest absolute Gasteiger partial charge is 0.364 e. The lowest BCUT2D eigenvalue weighted by Gasteiger charge is -2.18. The van der Waals surface area contributed by atoms with Crippen molar-refractivity contribution >= 4 is 5.97 Å². The summed E-state index contributed by atoms with van der Waals surface area (Å²) < 4.78 is 0. The Morgan fingerprint density at radius 1 is 1.10 bits per heavy atom. The molecule has 0 amide bonds. The number of hydrogen-bond acceptors (Lipinski definition) is 3. The molecule has 3 nitrogen and oxygen atoms in total. The van der Waals surface area contributed by atoms with Crippen molar-refractivity contribution in [3.05, 3.63) is 24.8 Å². The molecule has 0 saturated carbocycles. The van der Waals surface area contributed by atoms with Crippen LogP contribution in [0, 0.1) is 0 Å². The van der Waals surface area contributed by atoms with Gasteiger partial charge in [0.1, 0.15) is 0 Å². The Morgan fingerprint density at radius 3 is 2.25 bits per heavy atom. The van der Waals surface area contributed by atoms with Gasteiger partial charge in [0.2, 0.25) is 0 Å². The zero-order valence-corrected chi connectivity index (χ0v) is 13.3. The molecule has 3 heteroatoms. The fourth-order valence-electron chi connectivity index (χ4n) is 2.03. The topological polar surface area (TPSA) is 29.5 Å². The Hall–Kier alpha value is -1.09. The van der Waals surface area contributed by atoms with E-state index < -0.39 is 0 Å². The van der Waals surface area contributed by atoms with Crippen LogP contribution in [-0.4, -0.2) is 24.1 Å². The van der Waals surface area contributed by atoms with Gasteiger partial charge in [0.15, 0.2) is 0 Å². The van der Waals surface area contributed by atoms with Crippen LogP contribution in [0.2, 0.25) is 0 Å². The molecule has 0 aromatic heterocycles. The third kappa shape index (κ3) is 12.0. The first-order valence-corrected chi connectivity index (χ1v) is 7.95. The van der Waals surface area contributed by atoms with E-state index in [1.165, 1.54) is 51.0 Å². The Balaban J connectivity index is 3.65. The molecule has 0 aliphatic rings. The van der Waals surface area contributed by atoms with Crippen LogP contribution in [0.3, 0.4) is 0 Å². The normalized spacial score (nSPS) is 11.2. The standard InChI is InChI=1S/C17H31NO2/c1-4-7-8-9-10-11-12-13-16-18(15-6-3)20-17(19)14-5-2/h5-6,14H,3-4,7-13,15-16H2,1-2H3. The molecule has 0 spiro atoms. The zero-order chi connectivity index (χ0) is 15.1. The summed E-state index contributed by atoms with van der Waals surface area (Å²) in [5, 5.41) is 1.69. The SMILES string of the molecule is C=CCN(CCCCCCCCCC)OC(=O)C=CC. The minimum Gasteiger partial charge on any atom is -0.364 e. The second kappa shape index (κ2) is 14.3. The third-order valence-electron chi connectivity index (χ3n) is 3.12. The molecule has 0 rings (SSSR count). The third-order valence-corrected chi connectivity index (χ3v) is 3.12. The highest BCUT2D eigenvalue weighted by molar-refractivity contribution is 5.81. The van der Waals surface area contributed by atoms with E-state index in [4.69, 9.17) is 4.84 Å². The van der Waals surface area contributed by atoms with Gasteiger partial charge in [-0.15, -0.1) is 11.6 Å². The smallest absolute Gasteiger partial charge is 0.349 e. The molecule has 0 atom stereocenters. The molecule has 0 aliphatic heterocycles. The number of nitrogens with zero attached hydrogens (tertiary/aromatic N) is 1. The van der Waals surface area contributed by atoms with Gasteiger partial charge in [-0.3, -0.25) is 0 Å². The number of hydrogen-bond donors (Lipinski definition) is 0. The molecule has 116 valence electrons. The summed E-state index contributed by atoms with van der Waals surface area (Å²) in [5.41, 5.74) is 0. The lowest BCUT2D eigenvalue weighted by Crippen LogP contribution is -2.28. The minimum absolute atomic E-state index is 0.311. The molecule has 0 aliphatic carbocycles. The van der Waals surface area contributed by atoms with Crippen LogP contribution in [0.1, 0.15) is 65.2 Å². The predicted molar refractivity (Wildman–Crippen MR) is 85.3 cm³/mol. The number of carbonyl (C=O) groups excluding carboxylic acids is 1. The quantitative estimate of drug-likeness (QED) is 0.213. The fourth-order valence-corrected chi connectivity index (χ4v) is 2.03. The van der Waals surface area contributed by atoms with Crippen molar-refractivity contribution < 1.29 is 9.63 Å². The Kier molecular flexibility index (Phi) is 13.5. The summed E-state index contributed by atoms with van der Waals surface area (Å²) in [7, 11) is 0. The fraction of sp³-hybridized carbons (Fsp3) is 0.706. The van der Waals surface area contributed by atoms with Crippen molar-refractivity contribution in [1.82, 2.24) is 5.06 Å². The summed E-state index contributed by atoms with van der Waals surface area (Å²) in [6.45, 7) is 9.10. The summed E-state index contributed by atoms with van der Waals surface area (Å²) >= 11 is 0. The van der Waals surface area contributed by atoms with Gasteiger partial charge in [-0.2, -0.15) is 0 Å². The molecular weight excluding hydrogens is 250 g/mol. The van der Waals surface area contributed by atoms with Crippen LogP contribution >= 0.6 is 0 Å². The van der Waals surface area contributed by atoms with Crippen LogP contribution in [0.15, 0.2) is 24.8 Å². The Labute approximate surface area is 124 Å². The molecule has 0 fully saturated rings. The molecule has 0 N–H and O–H groups in total. The lowest BCUT2D eigenvalue weighted by atomic mass is 10.1. The van der Waals surface area contributed by atoms with Gasteiger partial charge in [-0.1, -0.05) is 64.0 Å². The number of unbranched alkanes of at least 4 members (excludes halogenated alkanes) is 7. The van der Waals surface area contributed by atoms with Gasteiger partial charge in [-0.05, 0) is 13.3 Å². The monoisotopic (exact) mass is 281 g/mol. The van der Waals surface area contributed by atoms with Crippen LogP contribution in [0.5, 0.6) is 0 Å². The number of rotatable bonds is 13. The van der Waals surface area contributed by atoms with Crippen molar-refractivity contribution in [2.45, 2.75) is 65.2 Å². The first-order chi connectivity index (χ1) is 9.74. The number of carbonyl (C=O) groups is 1. The molecule has 0 radical (unpaired) electrons. The Bertz CT molecular complexity index is 274. The van der Waals surface area contributed by atoms with Gasteiger partial charge in [-0.25, -0.2) is 4.79 Å². The van der Waals surface area contributed by atoms with Crippen LogP contribution in [-0.2, 0) is 9.63 Å². The maximum absolute atomic E-state index is 11.4. The molecule has 0 unspecified atom stereocenters. The van der Waals surface area contributed by atoms with E-state index in [1.54, 1.807) is 24.1 Å². The average molecular weight is 281 g/mol. The van der Waals surface area contributed by atoms with Crippen LogP contribution in [0.4, 0.5) is 0 Å². The molecule has 0 saturated heterocycles. The maximum atomic E-state index is 11.4. The van der Waals surface area contributed by atoms with Gasteiger partial charge < -0.3 is 4.84 Å². The highest BCUT2D eigenvalue weighted by Gasteiger charge is 2.07. The average Bonchev–Trinajstić information content (AvgIpc) is 2.42. The molecule has 0 aromatic rings. The lowest BCUT2D eigenvalue weighted by molar-refractivity contribution is -0.181. The summed E-state index contributed by atoms with van der Waals surface area (Å²) in [6.07, 6.45) is 15.1. The van der Waals surface area contributed by atoms with Crippen molar-refractivity contribution in [3.8, 4) is 0 Å². The van der Waals surface area contributed by atoms with Crippen molar-refractivity contribution in [3.63, 3.8) is 0 Å². The van der Waals surface area contributed by atoms with Gasteiger partial charge in [0.25, 0.3) is 0 Å². The number of hydroxylamine groups is 2. The van der Waals surface area contributed by atoms with E-state index >= 15 is 0 Å². The minimum atomic E-state index is -0.311. The van der Waals surface area contributed by atoms with E-state index in [0.29, 0.717) is 6.54 Å². The molecular formula is C17H31NO2. The van der Waals surface area contributed by atoms with Crippen molar-refractivity contribution in [1.29, 1.82) is 0 Å². The maximum Gasteiger partial charge on any atom is 0.349 e. The summed E-state index contributed by atoms with van der Waals surface area (Å²) in [6, 6.07) is 0. The zero-order valence-electron chi connectivity index (χ0n) is 13.3. The molecule has 0 aromatic carbocycles. The van der Waals surface area contributed by atoms with Crippen LogP contribution < -0.4 is 0 Å². The predicted octanol–water partition coefficient (Wildman–Crippen LogP) is 4.65.